The van der Waals surface area contributed by atoms with Gasteiger partial charge in [-0.3, -0.25) is 0 Å². The van der Waals surface area contributed by atoms with Gasteiger partial charge in [0.2, 0.25) is 0 Å². The Balaban J connectivity index is 1.58. The summed E-state index contributed by atoms with van der Waals surface area (Å²) in [5, 5.41) is 8.94. The number of rotatable bonds is 4. The molecule has 0 atom stereocenters. The maximum atomic E-state index is 13.6. The lowest BCUT2D eigenvalue weighted by atomic mass is 10.1. The van der Waals surface area contributed by atoms with Crippen LogP contribution in [0.4, 0.5) is 15.9 Å². The van der Waals surface area contributed by atoms with Gasteiger partial charge in [-0.1, -0.05) is 30.3 Å². The van der Waals surface area contributed by atoms with E-state index in [4.69, 9.17) is 9.97 Å². The van der Waals surface area contributed by atoms with Crippen LogP contribution in [0.15, 0.2) is 54.7 Å². The van der Waals surface area contributed by atoms with Crippen molar-refractivity contribution in [2.24, 2.45) is 0 Å². The van der Waals surface area contributed by atoms with Crippen molar-refractivity contribution in [2.45, 2.75) is 19.4 Å². The van der Waals surface area contributed by atoms with Crippen molar-refractivity contribution in [2.75, 3.05) is 23.8 Å². The van der Waals surface area contributed by atoms with E-state index in [1.807, 2.05) is 36.5 Å². The third-order valence-electron chi connectivity index (χ3n) is 5.25. The molecule has 0 saturated heterocycles. The van der Waals surface area contributed by atoms with Crippen LogP contribution in [0.2, 0.25) is 0 Å². The molecular weight excluding hydrogens is 367 g/mol. The van der Waals surface area contributed by atoms with E-state index >= 15 is 0 Å². The fourth-order valence-corrected chi connectivity index (χ4v) is 3.84. The lowest BCUT2D eigenvalue weighted by Gasteiger charge is -2.29. The fraction of sp³-hybridized carbons (Fsp3) is 0.227. The van der Waals surface area contributed by atoms with Gasteiger partial charge in [0.05, 0.1) is 17.4 Å². The molecule has 6 nitrogen and oxygen atoms in total. The Morgan fingerprint density at radius 2 is 2.00 bits per heavy atom. The molecule has 3 heterocycles. The summed E-state index contributed by atoms with van der Waals surface area (Å²) in [6.45, 7) is 1.43. The molecule has 2 aromatic carbocycles. The minimum atomic E-state index is -0.241. The zero-order valence-electron chi connectivity index (χ0n) is 16.1. The van der Waals surface area contributed by atoms with Crippen LogP contribution in [0.25, 0.3) is 16.9 Å². The smallest absolute Gasteiger partial charge is 0.253 e. The molecule has 0 radical (unpaired) electrons. The van der Waals surface area contributed by atoms with E-state index in [1.54, 1.807) is 10.7 Å². The fourth-order valence-electron chi connectivity index (χ4n) is 3.84. The van der Waals surface area contributed by atoms with E-state index in [2.05, 4.69) is 22.4 Å². The van der Waals surface area contributed by atoms with E-state index < -0.39 is 0 Å². The highest BCUT2D eigenvalue weighted by Crippen LogP contribution is 2.32. The topological polar surface area (TPSA) is 58.9 Å². The van der Waals surface area contributed by atoms with Crippen LogP contribution in [-0.4, -0.2) is 33.3 Å². The summed E-state index contributed by atoms with van der Waals surface area (Å²) in [7, 11) is 2.05. The Bertz CT molecular complexity index is 1190. The number of fused-ring (bicyclic) bond motifs is 2. The summed E-state index contributed by atoms with van der Waals surface area (Å²) in [6, 6.07) is 14.6. The van der Waals surface area contributed by atoms with Crippen LogP contribution in [0.1, 0.15) is 17.7 Å². The van der Waals surface area contributed by atoms with Crippen LogP contribution in [0, 0.1) is 5.82 Å². The first kappa shape index (κ1) is 17.6. The standard InChI is InChI=1S/C22H21FN6/c1-28-11-5-9-18-20(28)21(24-13-15-6-4-8-17(23)12-15)27-22(26-18)29-19-10-3-2-7-16(19)14-25-29/h2-4,6-8,10,12,14H,5,9,11,13H2,1H3,(H,24,26,27). The quantitative estimate of drug-likeness (QED) is 0.574. The van der Waals surface area contributed by atoms with Gasteiger partial charge < -0.3 is 10.2 Å². The number of benzene rings is 2. The largest absolute Gasteiger partial charge is 0.370 e. The van der Waals surface area contributed by atoms with Gasteiger partial charge in [-0.2, -0.15) is 14.8 Å². The first-order valence-electron chi connectivity index (χ1n) is 9.72. The Morgan fingerprint density at radius 1 is 1.10 bits per heavy atom. The predicted molar refractivity (Wildman–Crippen MR) is 112 cm³/mol. The maximum Gasteiger partial charge on any atom is 0.253 e. The normalized spacial score (nSPS) is 13.5. The zero-order valence-corrected chi connectivity index (χ0v) is 16.1. The summed E-state index contributed by atoms with van der Waals surface area (Å²) >= 11 is 0. The molecule has 7 heteroatoms. The third kappa shape index (κ3) is 3.29. The average molecular weight is 388 g/mol. The van der Waals surface area contributed by atoms with Gasteiger partial charge >= 0.3 is 0 Å². The van der Waals surface area contributed by atoms with Crippen molar-refractivity contribution >= 4 is 22.4 Å². The van der Waals surface area contributed by atoms with Crippen LogP contribution in [0.5, 0.6) is 0 Å². The molecule has 1 aliphatic rings. The van der Waals surface area contributed by atoms with Gasteiger partial charge in [0.1, 0.15) is 11.5 Å². The monoisotopic (exact) mass is 388 g/mol. The Morgan fingerprint density at radius 3 is 2.90 bits per heavy atom. The summed E-state index contributed by atoms with van der Waals surface area (Å²) in [6.07, 6.45) is 3.76. The third-order valence-corrected chi connectivity index (χ3v) is 5.25. The summed E-state index contributed by atoms with van der Waals surface area (Å²) in [4.78, 5) is 11.8. The van der Waals surface area contributed by atoms with Crippen LogP contribution in [0.3, 0.4) is 0 Å². The summed E-state index contributed by atoms with van der Waals surface area (Å²) in [5.74, 6) is 1.05. The second kappa shape index (κ2) is 7.16. The predicted octanol–water partition coefficient (Wildman–Crippen LogP) is 3.95. The van der Waals surface area contributed by atoms with Gasteiger partial charge in [-0.05, 0) is 36.6 Å². The minimum Gasteiger partial charge on any atom is -0.370 e. The second-order valence-electron chi connectivity index (χ2n) is 7.29. The van der Waals surface area contributed by atoms with Crippen LogP contribution >= 0.6 is 0 Å². The number of halogens is 1. The lowest BCUT2D eigenvalue weighted by Crippen LogP contribution is -2.28. The molecule has 0 fully saturated rings. The molecule has 5 rings (SSSR count). The van der Waals surface area contributed by atoms with Crippen molar-refractivity contribution in [3.63, 3.8) is 0 Å². The van der Waals surface area contributed by atoms with Crippen molar-refractivity contribution in [1.29, 1.82) is 0 Å². The van der Waals surface area contributed by atoms with Gasteiger partial charge in [-0.15, -0.1) is 0 Å². The van der Waals surface area contributed by atoms with Gasteiger partial charge in [0.25, 0.3) is 5.95 Å². The first-order chi connectivity index (χ1) is 14.2. The number of anilines is 2. The molecule has 0 spiro atoms. The van der Waals surface area contributed by atoms with Crippen molar-refractivity contribution in [3.05, 3.63) is 71.8 Å². The highest BCUT2D eigenvalue weighted by atomic mass is 19.1. The number of nitrogens with one attached hydrogen (secondary N) is 1. The maximum absolute atomic E-state index is 13.6. The molecule has 4 aromatic rings. The van der Waals surface area contributed by atoms with E-state index in [9.17, 15) is 4.39 Å². The number of para-hydroxylation sites is 1. The molecule has 0 bridgehead atoms. The Labute approximate surface area is 168 Å². The molecule has 0 aliphatic carbocycles. The minimum absolute atomic E-state index is 0.241. The highest BCUT2D eigenvalue weighted by molar-refractivity contribution is 5.80. The second-order valence-corrected chi connectivity index (χ2v) is 7.29. The first-order valence-corrected chi connectivity index (χ1v) is 9.72. The zero-order chi connectivity index (χ0) is 19.8. The highest BCUT2D eigenvalue weighted by Gasteiger charge is 2.23. The number of hydrogen-bond acceptors (Lipinski definition) is 5. The van der Waals surface area contributed by atoms with Gasteiger partial charge in [0, 0.05) is 25.5 Å². The van der Waals surface area contributed by atoms with Crippen molar-refractivity contribution in [3.8, 4) is 5.95 Å². The van der Waals surface area contributed by atoms with Crippen molar-refractivity contribution < 1.29 is 4.39 Å². The molecule has 2 aromatic heterocycles. The van der Waals surface area contributed by atoms with E-state index in [1.165, 1.54) is 12.1 Å². The van der Waals surface area contributed by atoms with Crippen molar-refractivity contribution in [1.82, 2.24) is 19.7 Å². The average Bonchev–Trinajstić information content (AvgIpc) is 3.16. The molecule has 0 amide bonds. The summed E-state index contributed by atoms with van der Waals surface area (Å²) in [5.41, 5.74) is 3.84. The number of aryl methyl sites for hydroxylation is 1. The van der Waals surface area contributed by atoms with E-state index in [0.717, 1.165) is 53.1 Å². The molecule has 146 valence electrons. The Kier molecular flexibility index (Phi) is 4.35. The van der Waals surface area contributed by atoms with E-state index in [0.29, 0.717) is 12.5 Å². The molecular formula is C22H21FN6. The molecule has 29 heavy (non-hydrogen) atoms. The van der Waals surface area contributed by atoms with E-state index in [-0.39, 0.29) is 5.82 Å². The Hall–Kier alpha value is -3.48. The lowest BCUT2D eigenvalue weighted by molar-refractivity contribution is 0.626. The molecule has 1 N–H and O–H groups in total. The SMILES string of the molecule is CN1CCCc2nc(-n3ncc4ccccc43)nc(NCc3cccc(F)c3)c21. The molecule has 1 aliphatic heterocycles. The summed E-state index contributed by atoms with van der Waals surface area (Å²) < 4.78 is 15.3. The van der Waals surface area contributed by atoms with Gasteiger partial charge in [0.15, 0.2) is 5.82 Å². The number of nitrogens with zero attached hydrogens (tertiary/aromatic N) is 5. The molecule has 0 saturated carbocycles. The molecule has 0 unspecified atom stereocenters. The number of aromatic nitrogens is 4. The van der Waals surface area contributed by atoms with Crippen LogP contribution in [-0.2, 0) is 13.0 Å². The van der Waals surface area contributed by atoms with Crippen LogP contribution < -0.4 is 10.2 Å². The number of hydrogen-bond donors (Lipinski definition) is 1. The van der Waals surface area contributed by atoms with Gasteiger partial charge in [-0.25, -0.2) is 9.37 Å².